The predicted octanol–water partition coefficient (Wildman–Crippen LogP) is 3.99. The van der Waals surface area contributed by atoms with Crippen LogP contribution in [0.1, 0.15) is 37.3 Å². The summed E-state index contributed by atoms with van der Waals surface area (Å²) in [5.41, 5.74) is 1.52. The second-order valence-corrected chi connectivity index (χ2v) is 6.69. The quantitative estimate of drug-likeness (QED) is 0.872. The molecule has 0 saturated carbocycles. The van der Waals surface area contributed by atoms with Crippen LogP contribution in [-0.4, -0.2) is 29.1 Å². The van der Waals surface area contributed by atoms with Gasteiger partial charge in [-0.15, -0.1) is 0 Å². The zero-order chi connectivity index (χ0) is 16.1. The molecule has 0 aromatic heterocycles. The van der Waals surface area contributed by atoms with E-state index in [1.54, 1.807) is 0 Å². The summed E-state index contributed by atoms with van der Waals surface area (Å²) in [4.78, 5) is 2.44. The van der Waals surface area contributed by atoms with Crippen LogP contribution in [0, 0.1) is 0 Å². The highest BCUT2D eigenvalue weighted by atomic mass is 16.3. The maximum atomic E-state index is 11.6. The van der Waals surface area contributed by atoms with E-state index in [0.29, 0.717) is 0 Å². The van der Waals surface area contributed by atoms with Gasteiger partial charge in [-0.3, -0.25) is 4.90 Å². The Balaban J connectivity index is 1.83. The Labute approximate surface area is 139 Å². The number of rotatable bonds is 6. The van der Waals surface area contributed by atoms with Gasteiger partial charge in [0.25, 0.3) is 0 Å². The van der Waals surface area contributed by atoms with Gasteiger partial charge in [0.05, 0.1) is 0 Å². The molecule has 1 fully saturated rings. The van der Waals surface area contributed by atoms with Gasteiger partial charge in [-0.1, -0.05) is 60.7 Å². The van der Waals surface area contributed by atoms with E-state index in [1.165, 1.54) is 18.4 Å². The van der Waals surface area contributed by atoms with Gasteiger partial charge in [0.1, 0.15) is 5.60 Å². The molecule has 0 unspecified atom stereocenters. The second kappa shape index (κ2) is 7.29. The Kier molecular flexibility index (Phi) is 5.14. The van der Waals surface area contributed by atoms with Gasteiger partial charge in [0.15, 0.2) is 0 Å². The van der Waals surface area contributed by atoms with Gasteiger partial charge < -0.3 is 5.11 Å². The van der Waals surface area contributed by atoms with E-state index in [4.69, 9.17) is 0 Å². The van der Waals surface area contributed by atoms with Crippen molar-refractivity contribution in [1.82, 2.24) is 4.90 Å². The molecule has 1 aliphatic heterocycles. The van der Waals surface area contributed by atoms with E-state index >= 15 is 0 Å². The molecule has 1 saturated heterocycles. The topological polar surface area (TPSA) is 23.5 Å². The third kappa shape index (κ3) is 3.65. The van der Waals surface area contributed by atoms with E-state index in [1.807, 2.05) is 24.3 Å². The van der Waals surface area contributed by atoms with Crippen LogP contribution >= 0.6 is 0 Å². The Morgan fingerprint density at radius 1 is 0.957 bits per heavy atom. The van der Waals surface area contributed by atoms with Crippen LogP contribution in [0.25, 0.3) is 0 Å². The first-order valence-electron chi connectivity index (χ1n) is 8.76. The minimum Gasteiger partial charge on any atom is -0.384 e. The third-order valence-corrected chi connectivity index (χ3v) is 5.29. The molecule has 1 N–H and O–H groups in total. The standard InChI is InChI=1S/C21H27NO/c1-18(22-16-8-9-17-22)21(23,20-12-6-3-7-13-20)15-14-19-10-4-2-5-11-19/h2-7,10-13,18,23H,8-9,14-17H2,1H3/t18-,21+/m1/s1. The van der Waals surface area contributed by atoms with Crippen molar-refractivity contribution in [2.24, 2.45) is 0 Å². The van der Waals surface area contributed by atoms with Crippen molar-refractivity contribution in [3.05, 3.63) is 71.8 Å². The van der Waals surface area contributed by atoms with E-state index in [0.717, 1.165) is 31.5 Å². The largest absolute Gasteiger partial charge is 0.384 e. The normalized spacial score (nSPS) is 19.4. The Bertz CT molecular complexity index is 592. The third-order valence-electron chi connectivity index (χ3n) is 5.29. The second-order valence-electron chi connectivity index (χ2n) is 6.69. The fourth-order valence-electron chi connectivity index (χ4n) is 3.73. The number of hydrogen-bond acceptors (Lipinski definition) is 2. The summed E-state index contributed by atoms with van der Waals surface area (Å²) in [5.74, 6) is 0. The van der Waals surface area contributed by atoms with Crippen LogP contribution in [0.3, 0.4) is 0 Å². The average Bonchev–Trinajstić information content (AvgIpc) is 3.15. The molecule has 2 nitrogen and oxygen atoms in total. The lowest BCUT2D eigenvalue weighted by atomic mass is 9.81. The van der Waals surface area contributed by atoms with Crippen molar-refractivity contribution >= 4 is 0 Å². The van der Waals surface area contributed by atoms with Crippen molar-refractivity contribution in [3.8, 4) is 0 Å². The number of aryl methyl sites for hydroxylation is 1. The van der Waals surface area contributed by atoms with E-state index < -0.39 is 5.60 Å². The molecule has 0 spiro atoms. The molecule has 0 amide bonds. The van der Waals surface area contributed by atoms with E-state index in [-0.39, 0.29) is 6.04 Å². The van der Waals surface area contributed by atoms with Crippen molar-refractivity contribution in [2.75, 3.05) is 13.1 Å². The van der Waals surface area contributed by atoms with Gasteiger partial charge >= 0.3 is 0 Å². The van der Waals surface area contributed by atoms with Crippen molar-refractivity contribution in [2.45, 2.75) is 44.2 Å². The number of hydrogen-bond donors (Lipinski definition) is 1. The van der Waals surface area contributed by atoms with Crippen LogP contribution in [0.5, 0.6) is 0 Å². The summed E-state index contributed by atoms with van der Waals surface area (Å²) in [6.07, 6.45) is 4.13. The van der Waals surface area contributed by atoms with Crippen LogP contribution in [-0.2, 0) is 12.0 Å². The maximum Gasteiger partial charge on any atom is 0.105 e. The molecule has 1 aliphatic rings. The summed E-state index contributed by atoms with van der Waals surface area (Å²) >= 11 is 0. The molecule has 2 aromatic carbocycles. The summed E-state index contributed by atoms with van der Waals surface area (Å²) in [6, 6.07) is 20.8. The van der Waals surface area contributed by atoms with Gasteiger partial charge in [0.2, 0.25) is 0 Å². The first kappa shape index (κ1) is 16.2. The minimum absolute atomic E-state index is 0.135. The van der Waals surface area contributed by atoms with Crippen LogP contribution in [0.4, 0.5) is 0 Å². The molecule has 23 heavy (non-hydrogen) atoms. The Morgan fingerprint density at radius 3 is 2.13 bits per heavy atom. The lowest BCUT2D eigenvalue weighted by molar-refractivity contribution is -0.0461. The minimum atomic E-state index is -0.804. The molecular formula is C21H27NO. The zero-order valence-electron chi connectivity index (χ0n) is 14.0. The molecule has 122 valence electrons. The van der Waals surface area contributed by atoms with Crippen LogP contribution in [0.2, 0.25) is 0 Å². The molecular weight excluding hydrogens is 282 g/mol. The molecule has 2 heteroatoms. The Morgan fingerprint density at radius 2 is 1.52 bits per heavy atom. The maximum absolute atomic E-state index is 11.6. The van der Waals surface area contributed by atoms with Gasteiger partial charge in [-0.25, -0.2) is 0 Å². The summed E-state index contributed by atoms with van der Waals surface area (Å²) in [7, 11) is 0. The van der Waals surface area contributed by atoms with Crippen molar-refractivity contribution in [1.29, 1.82) is 0 Å². The van der Waals surface area contributed by atoms with Gasteiger partial charge in [-0.2, -0.15) is 0 Å². The number of benzene rings is 2. The van der Waals surface area contributed by atoms with E-state index in [2.05, 4.69) is 48.2 Å². The molecule has 2 atom stereocenters. The molecule has 2 aromatic rings. The highest BCUT2D eigenvalue weighted by Crippen LogP contribution is 2.34. The highest BCUT2D eigenvalue weighted by molar-refractivity contribution is 5.25. The lowest BCUT2D eigenvalue weighted by Crippen LogP contribution is -2.48. The molecule has 3 rings (SSSR count). The first-order valence-corrected chi connectivity index (χ1v) is 8.76. The number of nitrogens with zero attached hydrogens (tertiary/aromatic N) is 1. The zero-order valence-corrected chi connectivity index (χ0v) is 14.0. The smallest absolute Gasteiger partial charge is 0.105 e. The molecule has 0 aliphatic carbocycles. The van der Waals surface area contributed by atoms with Crippen LogP contribution in [0.15, 0.2) is 60.7 Å². The lowest BCUT2D eigenvalue weighted by Gasteiger charge is -2.40. The van der Waals surface area contributed by atoms with E-state index in [9.17, 15) is 5.11 Å². The average molecular weight is 309 g/mol. The summed E-state index contributed by atoms with van der Waals surface area (Å²) in [6.45, 7) is 4.38. The molecule has 1 heterocycles. The summed E-state index contributed by atoms with van der Waals surface area (Å²) < 4.78 is 0. The molecule has 0 radical (unpaired) electrons. The predicted molar refractivity (Wildman–Crippen MR) is 95.4 cm³/mol. The summed E-state index contributed by atoms with van der Waals surface area (Å²) in [5, 5.41) is 11.6. The number of aliphatic hydroxyl groups is 1. The monoisotopic (exact) mass is 309 g/mol. The fraction of sp³-hybridized carbons (Fsp3) is 0.429. The highest BCUT2D eigenvalue weighted by Gasteiger charge is 2.39. The fourth-order valence-corrected chi connectivity index (χ4v) is 3.73. The molecule has 0 bridgehead atoms. The number of likely N-dealkylation sites (tertiary alicyclic amines) is 1. The van der Waals surface area contributed by atoms with Crippen LogP contribution < -0.4 is 0 Å². The van der Waals surface area contributed by atoms with Gasteiger partial charge in [0, 0.05) is 6.04 Å². The van der Waals surface area contributed by atoms with Gasteiger partial charge in [-0.05, 0) is 56.8 Å². The van der Waals surface area contributed by atoms with Crippen molar-refractivity contribution < 1.29 is 5.11 Å². The SMILES string of the molecule is C[C@@H](N1CCCC1)[C@@](O)(CCc1ccccc1)c1ccccc1. The first-order chi connectivity index (χ1) is 11.2. The van der Waals surface area contributed by atoms with Crippen molar-refractivity contribution in [3.63, 3.8) is 0 Å². The Hall–Kier alpha value is -1.64.